The third-order valence-corrected chi connectivity index (χ3v) is 5.72. The van der Waals surface area contributed by atoms with Crippen LogP contribution < -0.4 is 21.2 Å². The van der Waals surface area contributed by atoms with E-state index in [4.69, 9.17) is 30.7 Å². The SMILES string of the molecule is CC(=O)O.CCc1nc(/C(N)=C(\COc2noc(C3CC3)n2)N(C)N)ccc1N1CCCC(F)(F)C1. The summed E-state index contributed by atoms with van der Waals surface area (Å²) in [5, 5.41) is 12.6. The number of piperidine rings is 1. The van der Waals surface area contributed by atoms with Gasteiger partial charge in [-0.3, -0.25) is 4.79 Å². The predicted octanol–water partition coefficient (Wildman–Crippen LogP) is 2.74. The van der Waals surface area contributed by atoms with Gasteiger partial charge in [0.05, 0.1) is 35.0 Å². The molecule has 11 nitrogen and oxygen atoms in total. The number of likely N-dealkylation sites (N-methyl/N-ethyl adjacent to an activating group) is 1. The molecule has 5 N–H and O–H groups in total. The number of halogens is 2. The Morgan fingerprint density at radius 1 is 1.36 bits per heavy atom. The van der Waals surface area contributed by atoms with E-state index in [0.29, 0.717) is 59.7 Å². The summed E-state index contributed by atoms with van der Waals surface area (Å²) in [6, 6.07) is 3.65. The molecule has 0 radical (unpaired) electrons. The van der Waals surface area contributed by atoms with E-state index in [1.54, 1.807) is 24.1 Å². The normalized spacial score (nSPS) is 17.6. The van der Waals surface area contributed by atoms with Crippen molar-refractivity contribution in [2.24, 2.45) is 11.6 Å². The number of aromatic nitrogens is 3. The van der Waals surface area contributed by atoms with Gasteiger partial charge in [-0.15, -0.1) is 0 Å². The van der Waals surface area contributed by atoms with E-state index < -0.39 is 11.9 Å². The summed E-state index contributed by atoms with van der Waals surface area (Å²) < 4.78 is 38.7. The van der Waals surface area contributed by atoms with Gasteiger partial charge in [0.1, 0.15) is 6.61 Å². The van der Waals surface area contributed by atoms with Gasteiger partial charge in [-0.25, -0.2) is 19.6 Å². The molecule has 2 aromatic rings. The van der Waals surface area contributed by atoms with Crippen LogP contribution in [-0.2, 0) is 11.2 Å². The van der Waals surface area contributed by atoms with Crippen LogP contribution in [0.2, 0.25) is 0 Å². The van der Waals surface area contributed by atoms with Crippen LogP contribution in [0.5, 0.6) is 6.01 Å². The number of carboxylic acids is 1. The quantitative estimate of drug-likeness (QED) is 0.355. The molecule has 13 heteroatoms. The number of pyridine rings is 1. The number of nitrogens with two attached hydrogens (primary N) is 2. The highest BCUT2D eigenvalue weighted by atomic mass is 19.3. The van der Waals surface area contributed by atoms with Crippen LogP contribution in [0.3, 0.4) is 0 Å². The zero-order valence-corrected chi connectivity index (χ0v) is 20.7. The Morgan fingerprint density at radius 3 is 2.64 bits per heavy atom. The summed E-state index contributed by atoms with van der Waals surface area (Å²) in [5.41, 5.74) is 9.10. The number of nitrogens with zero attached hydrogens (tertiary/aromatic N) is 5. The van der Waals surface area contributed by atoms with Crippen LogP contribution in [0.4, 0.5) is 14.5 Å². The van der Waals surface area contributed by atoms with E-state index >= 15 is 0 Å². The number of aliphatic carboxylic acids is 1. The zero-order chi connectivity index (χ0) is 26.5. The second kappa shape index (κ2) is 11.5. The Morgan fingerprint density at radius 2 is 2.06 bits per heavy atom. The molecule has 36 heavy (non-hydrogen) atoms. The second-order valence-electron chi connectivity index (χ2n) is 8.87. The summed E-state index contributed by atoms with van der Waals surface area (Å²) in [6.07, 6.45) is 3.03. The standard InChI is InChI=1S/C21H29F2N7O2.C2H4O2/c1-3-14-16(30-10-4-9-21(22,23)12-30)8-7-15(26-14)18(24)17(29(2)25)11-31-20-27-19(32-28-20)13-5-6-13;1-2(3)4/h7-8,13H,3-6,9-12,24-25H2,1-2H3;1H3,(H,3,4)/b18-17-;. The van der Waals surface area contributed by atoms with Gasteiger partial charge < -0.3 is 30.0 Å². The van der Waals surface area contributed by atoms with Crippen LogP contribution in [0.1, 0.15) is 62.7 Å². The first-order chi connectivity index (χ1) is 17.0. The molecule has 198 valence electrons. The number of anilines is 1. The maximum Gasteiger partial charge on any atom is 0.354 e. The maximum absolute atomic E-state index is 13.9. The minimum Gasteiger partial charge on any atom is -0.481 e. The zero-order valence-electron chi connectivity index (χ0n) is 20.7. The lowest BCUT2D eigenvalue weighted by atomic mass is 10.1. The molecule has 0 aromatic carbocycles. The van der Waals surface area contributed by atoms with E-state index in [9.17, 15) is 8.78 Å². The lowest BCUT2D eigenvalue weighted by molar-refractivity contribution is -0.134. The Labute approximate surface area is 208 Å². The highest BCUT2D eigenvalue weighted by Crippen LogP contribution is 2.39. The van der Waals surface area contributed by atoms with E-state index in [1.165, 1.54) is 5.01 Å². The maximum atomic E-state index is 13.9. The van der Waals surface area contributed by atoms with Crippen molar-refractivity contribution in [2.45, 2.75) is 57.8 Å². The number of carbonyl (C=O) groups is 1. The van der Waals surface area contributed by atoms with Gasteiger partial charge in [0.2, 0.25) is 5.89 Å². The number of alkyl halides is 2. The lowest BCUT2D eigenvalue weighted by Gasteiger charge is -2.35. The largest absolute Gasteiger partial charge is 0.481 e. The number of carboxylic acid groups (broad SMARTS) is 1. The molecule has 2 aromatic heterocycles. The van der Waals surface area contributed by atoms with Gasteiger partial charge in [-0.2, -0.15) is 4.98 Å². The minimum absolute atomic E-state index is 0.0196. The van der Waals surface area contributed by atoms with E-state index in [0.717, 1.165) is 19.8 Å². The number of rotatable bonds is 8. The van der Waals surface area contributed by atoms with Crippen molar-refractivity contribution in [3.05, 3.63) is 35.1 Å². The number of hydrogen-bond donors (Lipinski definition) is 3. The van der Waals surface area contributed by atoms with Crippen molar-refractivity contribution in [3.8, 4) is 6.01 Å². The number of ether oxygens (including phenoxy) is 1. The number of hydrogen-bond acceptors (Lipinski definition) is 10. The van der Waals surface area contributed by atoms with Crippen LogP contribution in [-0.4, -0.2) is 63.9 Å². The van der Waals surface area contributed by atoms with Crippen molar-refractivity contribution in [1.82, 2.24) is 20.1 Å². The molecule has 2 aliphatic rings. The summed E-state index contributed by atoms with van der Waals surface area (Å²) >= 11 is 0. The average molecular weight is 510 g/mol. The third-order valence-electron chi connectivity index (χ3n) is 5.72. The fourth-order valence-electron chi connectivity index (χ4n) is 3.79. The summed E-state index contributed by atoms with van der Waals surface area (Å²) in [7, 11) is 1.64. The number of aryl methyl sites for hydroxylation is 1. The fourth-order valence-corrected chi connectivity index (χ4v) is 3.79. The van der Waals surface area contributed by atoms with Crippen molar-refractivity contribution in [2.75, 3.05) is 31.6 Å². The van der Waals surface area contributed by atoms with Gasteiger partial charge in [-0.05, 0) is 43.0 Å². The molecule has 1 saturated heterocycles. The molecule has 0 amide bonds. The summed E-state index contributed by atoms with van der Waals surface area (Å²) in [5.74, 6) is 3.36. The van der Waals surface area contributed by atoms with Gasteiger partial charge in [-0.1, -0.05) is 6.92 Å². The third kappa shape index (κ3) is 7.26. The molecular formula is C23H33F2N7O4. The first-order valence-electron chi connectivity index (χ1n) is 11.8. The molecule has 4 rings (SSSR count). The minimum atomic E-state index is -2.69. The van der Waals surface area contributed by atoms with E-state index in [-0.39, 0.29) is 25.6 Å². The highest BCUT2D eigenvalue weighted by molar-refractivity contribution is 5.65. The topological polar surface area (TPSA) is 157 Å². The Kier molecular flexibility index (Phi) is 8.66. The molecule has 1 aliphatic heterocycles. The molecular weight excluding hydrogens is 476 g/mol. The van der Waals surface area contributed by atoms with Gasteiger partial charge in [0.25, 0.3) is 11.9 Å². The van der Waals surface area contributed by atoms with Crippen molar-refractivity contribution >= 4 is 17.4 Å². The lowest BCUT2D eigenvalue weighted by Crippen LogP contribution is -2.43. The van der Waals surface area contributed by atoms with Crippen LogP contribution in [0.15, 0.2) is 22.4 Å². The Balaban J connectivity index is 0.000000840. The molecule has 0 unspecified atom stereocenters. The molecule has 0 atom stereocenters. The molecule has 1 aliphatic carbocycles. The highest BCUT2D eigenvalue weighted by Gasteiger charge is 2.36. The van der Waals surface area contributed by atoms with E-state index in [1.807, 2.05) is 6.92 Å². The van der Waals surface area contributed by atoms with Crippen LogP contribution in [0.25, 0.3) is 5.70 Å². The van der Waals surface area contributed by atoms with Crippen molar-refractivity contribution < 1.29 is 27.9 Å². The summed E-state index contributed by atoms with van der Waals surface area (Å²) in [4.78, 5) is 19.6. The van der Waals surface area contributed by atoms with Crippen molar-refractivity contribution in [1.29, 1.82) is 0 Å². The van der Waals surface area contributed by atoms with E-state index in [2.05, 4.69) is 15.1 Å². The average Bonchev–Trinajstić information content (AvgIpc) is 3.55. The van der Waals surface area contributed by atoms with Crippen molar-refractivity contribution in [3.63, 3.8) is 0 Å². The fraction of sp³-hybridized carbons (Fsp3) is 0.565. The first kappa shape index (κ1) is 27.1. The Bertz CT molecular complexity index is 1080. The number of hydrazine groups is 1. The van der Waals surface area contributed by atoms with Crippen LogP contribution in [0, 0.1) is 0 Å². The molecule has 1 saturated carbocycles. The predicted molar refractivity (Wildman–Crippen MR) is 128 cm³/mol. The Hall–Kier alpha value is -3.48. The monoisotopic (exact) mass is 509 g/mol. The van der Waals surface area contributed by atoms with Crippen LogP contribution >= 0.6 is 0 Å². The van der Waals surface area contributed by atoms with Gasteiger partial charge in [0, 0.05) is 32.9 Å². The van der Waals surface area contributed by atoms with Gasteiger partial charge in [0.15, 0.2) is 0 Å². The summed E-state index contributed by atoms with van der Waals surface area (Å²) in [6.45, 7) is 3.31. The smallest absolute Gasteiger partial charge is 0.354 e. The first-order valence-corrected chi connectivity index (χ1v) is 11.8. The molecule has 3 heterocycles. The van der Waals surface area contributed by atoms with Gasteiger partial charge >= 0.3 is 6.01 Å². The second-order valence-corrected chi connectivity index (χ2v) is 8.87. The molecule has 0 spiro atoms. The molecule has 2 fully saturated rings. The molecule has 0 bridgehead atoms.